The summed E-state index contributed by atoms with van der Waals surface area (Å²) in [6, 6.07) is -0.383. The normalized spacial score (nSPS) is 16.9. The highest BCUT2D eigenvalue weighted by Gasteiger charge is 2.26. The first-order valence-corrected chi connectivity index (χ1v) is 2.89. The number of hydrogen-bond acceptors (Lipinski definition) is 3. The molecule has 10 heavy (non-hydrogen) atoms. The number of rotatable bonds is 0. The molecular formula is C5H8N2O3. The highest BCUT2D eigenvalue weighted by atomic mass is 16.5. The van der Waals surface area contributed by atoms with Crippen LogP contribution in [0.4, 0.5) is 9.59 Å². The van der Waals surface area contributed by atoms with Crippen LogP contribution in [0.3, 0.4) is 0 Å². The van der Waals surface area contributed by atoms with Crippen molar-refractivity contribution in [3.05, 3.63) is 0 Å². The largest absolute Gasteiger partial charge is 0.452 e. The molecule has 0 aromatic heterocycles. The van der Waals surface area contributed by atoms with Crippen LogP contribution in [-0.4, -0.2) is 37.2 Å². The minimum Gasteiger partial charge on any atom is -0.452 e. The number of urea groups is 1. The first-order chi connectivity index (χ1) is 4.75. The first kappa shape index (κ1) is 6.85. The summed E-state index contributed by atoms with van der Waals surface area (Å²) in [5.41, 5.74) is 0. The van der Waals surface area contributed by atoms with E-state index >= 15 is 0 Å². The molecule has 1 fully saturated rings. The molecule has 0 unspecified atom stereocenters. The second-order valence-corrected chi connectivity index (χ2v) is 1.85. The molecule has 1 N–H and O–H groups in total. The monoisotopic (exact) mass is 144 g/mol. The van der Waals surface area contributed by atoms with E-state index < -0.39 is 6.09 Å². The number of ether oxygens (including phenoxy) is 1. The van der Waals surface area contributed by atoms with Gasteiger partial charge >= 0.3 is 12.1 Å². The minimum atomic E-state index is -0.602. The molecule has 0 aromatic carbocycles. The van der Waals surface area contributed by atoms with E-state index in [1.807, 2.05) is 0 Å². The molecule has 1 aliphatic heterocycles. The van der Waals surface area contributed by atoms with Crippen LogP contribution >= 0.6 is 0 Å². The van der Waals surface area contributed by atoms with Crippen LogP contribution in [0.2, 0.25) is 0 Å². The van der Waals surface area contributed by atoms with Crippen molar-refractivity contribution in [1.82, 2.24) is 10.2 Å². The van der Waals surface area contributed by atoms with Gasteiger partial charge in [0.1, 0.15) is 0 Å². The van der Waals surface area contributed by atoms with E-state index in [2.05, 4.69) is 10.1 Å². The summed E-state index contributed by atoms with van der Waals surface area (Å²) in [6.07, 6.45) is -0.602. The van der Waals surface area contributed by atoms with Crippen LogP contribution in [0.25, 0.3) is 0 Å². The van der Waals surface area contributed by atoms with Gasteiger partial charge in [-0.05, 0) is 0 Å². The molecule has 0 radical (unpaired) electrons. The molecule has 1 heterocycles. The SMILES string of the molecule is COC(=O)N1CCNC1=O. The molecule has 0 spiro atoms. The van der Waals surface area contributed by atoms with Crippen LogP contribution in [0.15, 0.2) is 0 Å². The molecule has 1 aliphatic rings. The van der Waals surface area contributed by atoms with Gasteiger partial charge in [-0.25, -0.2) is 14.5 Å². The highest BCUT2D eigenvalue weighted by Crippen LogP contribution is 1.98. The molecule has 0 bridgehead atoms. The molecule has 1 rings (SSSR count). The van der Waals surface area contributed by atoms with Crippen molar-refractivity contribution >= 4 is 12.1 Å². The lowest BCUT2D eigenvalue weighted by atomic mass is 10.6. The number of nitrogens with one attached hydrogen (secondary N) is 1. The molecule has 56 valence electrons. The lowest BCUT2D eigenvalue weighted by Crippen LogP contribution is -2.33. The number of carbonyl (C=O) groups is 2. The van der Waals surface area contributed by atoms with Gasteiger partial charge in [0.15, 0.2) is 0 Å². The van der Waals surface area contributed by atoms with E-state index in [1.165, 1.54) is 7.11 Å². The van der Waals surface area contributed by atoms with Gasteiger partial charge < -0.3 is 10.1 Å². The Bertz CT molecular complexity index is 168. The number of amides is 3. The van der Waals surface area contributed by atoms with Crippen LogP contribution in [0, 0.1) is 0 Å². The fourth-order valence-corrected chi connectivity index (χ4v) is 0.756. The average molecular weight is 144 g/mol. The van der Waals surface area contributed by atoms with Crippen LogP contribution < -0.4 is 5.32 Å². The standard InChI is InChI=1S/C5H8N2O3/c1-10-5(9)7-3-2-6-4(7)8/h2-3H2,1H3,(H,6,8). The van der Waals surface area contributed by atoms with Crippen molar-refractivity contribution < 1.29 is 14.3 Å². The summed E-state index contributed by atoms with van der Waals surface area (Å²) in [4.78, 5) is 22.4. The Morgan fingerprint density at radius 3 is 2.90 bits per heavy atom. The Kier molecular flexibility index (Phi) is 1.75. The molecule has 5 nitrogen and oxygen atoms in total. The maximum Gasteiger partial charge on any atom is 0.417 e. The quantitative estimate of drug-likeness (QED) is 0.511. The molecule has 0 saturated carbocycles. The van der Waals surface area contributed by atoms with Gasteiger partial charge in [-0.2, -0.15) is 0 Å². The Morgan fingerprint density at radius 2 is 2.50 bits per heavy atom. The third-order valence-electron chi connectivity index (χ3n) is 1.25. The maximum absolute atomic E-state index is 10.7. The van der Waals surface area contributed by atoms with Crippen molar-refractivity contribution in [2.75, 3.05) is 20.2 Å². The summed E-state index contributed by atoms with van der Waals surface area (Å²) in [6.45, 7) is 0.902. The molecule has 0 aromatic rings. The smallest absolute Gasteiger partial charge is 0.417 e. The zero-order valence-corrected chi connectivity index (χ0v) is 5.59. The van der Waals surface area contributed by atoms with E-state index in [-0.39, 0.29) is 6.03 Å². The first-order valence-electron chi connectivity index (χ1n) is 2.89. The van der Waals surface area contributed by atoms with Gasteiger partial charge in [0.2, 0.25) is 0 Å². The van der Waals surface area contributed by atoms with Gasteiger partial charge in [0, 0.05) is 6.54 Å². The summed E-state index contributed by atoms with van der Waals surface area (Å²) in [5, 5.41) is 2.47. The fraction of sp³-hybridized carbons (Fsp3) is 0.600. The number of imide groups is 1. The van der Waals surface area contributed by atoms with E-state index in [0.29, 0.717) is 13.1 Å². The van der Waals surface area contributed by atoms with Crippen LogP contribution in [0.5, 0.6) is 0 Å². The number of nitrogens with zero attached hydrogens (tertiary/aromatic N) is 1. The predicted octanol–water partition coefficient (Wildman–Crippen LogP) is -0.222. The number of methoxy groups -OCH3 is 1. The summed E-state index contributed by atoms with van der Waals surface area (Å²) in [5.74, 6) is 0. The minimum absolute atomic E-state index is 0.383. The zero-order chi connectivity index (χ0) is 7.56. The van der Waals surface area contributed by atoms with Gasteiger partial charge in [0.05, 0.1) is 13.7 Å². The number of hydrogen-bond donors (Lipinski definition) is 1. The Hall–Kier alpha value is -1.26. The Balaban J connectivity index is 2.55. The van der Waals surface area contributed by atoms with Gasteiger partial charge in [0.25, 0.3) is 0 Å². The Morgan fingerprint density at radius 1 is 1.80 bits per heavy atom. The molecule has 5 heteroatoms. The predicted molar refractivity (Wildman–Crippen MR) is 32.5 cm³/mol. The van der Waals surface area contributed by atoms with Gasteiger partial charge in [-0.3, -0.25) is 0 Å². The lowest BCUT2D eigenvalue weighted by Gasteiger charge is -2.08. The van der Waals surface area contributed by atoms with Gasteiger partial charge in [-0.15, -0.1) is 0 Å². The summed E-state index contributed by atoms with van der Waals surface area (Å²) < 4.78 is 4.33. The topological polar surface area (TPSA) is 58.6 Å². The van der Waals surface area contributed by atoms with Crippen LogP contribution in [0.1, 0.15) is 0 Å². The van der Waals surface area contributed by atoms with Crippen molar-refractivity contribution in [1.29, 1.82) is 0 Å². The second kappa shape index (κ2) is 2.55. The summed E-state index contributed by atoms with van der Waals surface area (Å²) in [7, 11) is 1.24. The molecule has 0 aliphatic carbocycles. The molecule has 0 atom stereocenters. The summed E-state index contributed by atoms with van der Waals surface area (Å²) >= 11 is 0. The average Bonchev–Trinajstić information content (AvgIpc) is 2.34. The maximum atomic E-state index is 10.7. The van der Waals surface area contributed by atoms with E-state index in [0.717, 1.165) is 4.90 Å². The van der Waals surface area contributed by atoms with E-state index in [1.54, 1.807) is 0 Å². The van der Waals surface area contributed by atoms with E-state index in [9.17, 15) is 9.59 Å². The van der Waals surface area contributed by atoms with Crippen molar-refractivity contribution in [3.8, 4) is 0 Å². The van der Waals surface area contributed by atoms with E-state index in [4.69, 9.17) is 0 Å². The van der Waals surface area contributed by atoms with Crippen molar-refractivity contribution in [3.63, 3.8) is 0 Å². The van der Waals surface area contributed by atoms with Crippen molar-refractivity contribution in [2.45, 2.75) is 0 Å². The van der Waals surface area contributed by atoms with Crippen LogP contribution in [-0.2, 0) is 4.74 Å². The highest BCUT2D eigenvalue weighted by molar-refractivity contribution is 5.92. The zero-order valence-electron chi connectivity index (χ0n) is 5.59. The second-order valence-electron chi connectivity index (χ2n) is 1.85. The molecular weight excluding hydrogens is 136 g/mol. The lowest BCUT2D eigenvalue weighted by molar-refractivity contribution is 0.138. The Labute approximate surface area is 57.9 Å². The third-order valence-corrected chi connectivity index (χ3v) is 1.25. The number of carbonyl (C=O) groups excluding carboxylic acids is 2. The fourth-order valence-electron chi connectivity index (χ4n) is 0.756. The van der Waals surface area contributed by atoms with Gasteiger partial charge in [-0.1, -0.05) is 0 Å². The third kappa shape index (κ3) is 1.02. The van der Waals surface area contributed by atoms with Crippen molar-refractivity contribution in [2.24, 2.45) is 0 Å². The molecule has 3 amide bonds. The molecule has 1 saturated heterocycles.